The smallest absolute Gasteiger partial charge is 0.411 e. The molecule has 0 amide bonds. The Hall–Kier alpha value is -1.54. The molecule has 0 radical (unpaired) electrons. The van der Waals surface area contributed by atoms with Crippen LogP contribution in [0.15, 0.2) is 48.5 Å². The molecule has 0 fully saturated rings. The standard InChI is InChI=1S/C16H14ClO3P/c1-2-19-21(18)16-11-14(17)9-8-13(16)10-15(20-21)12-6-4-3-5-7-12/h3-11H,2H2,1H3. The second-order valence-electron chi connectivity index (χ2n) is 4.58. The van der Waals surface area contributed by atoms with Gasteiger partial charge in [-0.15, -0.1) is 0 Å². The third-order valence-corrected chi connectivity index (χ3v) is 5.40. The fourth-order valence-corrected chi connectivity index (χ4v) is 4.27. The van der Waals surface area contributed by atoms with Gasteiger partial charge in [0.1, 0.15) is 5.76 Å². The van der Waals surface area contributed by atoms with Crippen LogP contribution in [-0.4, -0.2) is 6.61 Å². The molecule has 1 heterocycles. The van der Waals surface area contributed by atoms with Gasteiger partial charge < -0.3 is 4.52 Å². The van der Waals surface area contributed by atoms with E-state index in [0.717, 1.165) is 11.1 Å². The van der Waals surface area contributed by atoms with Crippen LogP contribution >= 0.6 is 19.2 Å². The summed E-state index contributed by atoms with van der Waals surface area (Å²) in [5.41, 5.74) is 1.67. The molecule has 108 valence electrons. The summed E-state index contributed by atoms with van der Waals surface area (Å²) >= 11 is 6.00. The highest BCUT2D eigenvalue weighted by Gasteiger charge is 2.35. The lowest BCUT2D eigenvalue weighted by molar-refractivity contribution is 0.279. The summed E-state index contributed by atoms with van der Waals surface area (Å²) in [4.78, 5) is 0. The zero-order chi connectivity index (χ0) is 14.9. The van der Waals surface area contributed by atoms with Gasteiger partial charge in [-0.1, -0.05) is 48.0 Å². The molecule has 2 aromatic rings. The quantitative estimate of drug-likeness (QED) is 0.767. The Morgan fingerprint density at radius 1 is 1.19 bits per heavy atom. The summed E-state index contributed by atoms with van der Waals surface area (Å²) in [5, 5.41) is 1.02. The molecule has 0 spiro atoms. The van der Waals surface area contributed by atoms with Crippen LogP contribution in [0.1, 0.15) is 18.1 Å². The maximum absolute atomic E-state index is 13.0. The van der Waals surface area contributed by atoms with Gasteiger partial charge >= 0.3 is 7.60 Å². The molecule has 1 aliphatic heterocycles. The summed E-state index contributed by atoms with van der Waals surface area (Å²) in [5.74, 6) is 0.544. The molecule has 0 N–H and O–H groups in total. The van der Waals surface area contributed by atoms with E-state index in [1.807, 2.05) is 42.5 Å². The van der Waals surface area contributed by atoms with E-state index in [1.165, 1.54) is 0 Å². The largest absolute Gasteiger partial charge is 0.421 e. The molecule has 1 atom stereocenters. The van der Waals surface area contributed by atoms with Crippen LogP contribution in [0.5, 0.6) is 0 Å². The van der Waals surface area contributed by atoms with Gasteiger partial charge in [0.25, 0.3) is 0 Å². The number of hydrogen-bond donors (Lipinski definition) is 0. The van der Waals surface area contributed by atoms with Gasteiger partial charge in [0.15, 0.2) is 0 Å². The van der Waals surface area contributed by atoms with Crippen LogP contribution in [-0.2, 0) is 13.6 Å². The Morgan fingerprint density at radius 3 is 2.67 bits per heavy atom. The van der Waals surface area contributed by atoms with Gasteiger partial charge in [0, 0.05) is 10.6 Å². The molecule has 0 bridgehead atoms. The zero-order valence-electron chi connectivity index (χ0n) is 11.5. The second-order valence-corrected chi connectivity index (χ2v) is 6.94. The normalized spacial score (nSPS) is 20.4. The van der Waals surface area contributed by atoms with Gasteiger partial charge in [-0.2, -0.15) is 0 Å². The first kappa shape index (κ1) is 14.4. The van der Waals surface area contributed by atoms with Crippen molar-refractivity contribution in [3.63, 3.8) is 0 Å². The monoisotopic (exact) mass is 320 g/mol. The molecule has 3 nitrogen and oxygen atoms in total. The SMILES string of the molecule is CCOP1(=O)OC(c2ccccc2)=Cc2ccc(Cl)cc21. The first-order valence-electron chi connectivity index (χ1n) is 6.64. The first-order chi connectivity index (χ1) is 10.1. The van der Waals surface area contributed by atoms with Crippen molar-refractivity contribution in [2.24, 2.45) is 0 Å². The zero-order valence-corrected chi connectivity index (χ0v) is 13.1. The Balaban J connectivity index is 2.15. The first-order valence-corrected chi connectivity index (χ1v) is 8.56. The minimum absolute atomic E-state index is 0.297. The maximum atomic E-state index is 13.0. The molecule has 21 heavy (non-hydrogen) atoms. The number of hydrogen-bond acceptors (Lipinski definition) is 3. The lowest BCUT2D eigenvalue weighted by atomic mass is 10.1. The number of rotatable bonds is 3. The molecule has 1 aliphatic rings. The van der Waals surface area contributed by atoms with Crippen molar-refractivity contribution in [1.82, 2.24) is 0 Å². The summed E-state index contributed by atoms with van der Waals surface area (Å²) < 4.78 is 24.2. The molecule has 0 saturated carbocycles. The van der Waals surface area contributed by atoms with E-state index in [0.29, 0.717) is 22.7 Å². The molecule has 3 rings (SSSR count). The highest BCUT2D eigenvalue weighted by molar-refractivity contribution is 7.62. The van der Waals surface area contributed by atoms with Crippen molar-refractivity contribution in [2.45, 2.75) is 6.92 Å². The van der Waals surface area contributed by atoms with Crippen LogP contribution in [0.4, 0.5) is 0 Å². The number of halogens is 1. The molecule has 1 unspecified atom stereocenters. The fourth-order valence-electron chi connectivity index (χ4n) is 2.23. The highest BCUT2D eigenvalue weighted by atomic mass is 35.5. The Bertz CT molecular complexity index is 740. The van der Waals surface area contributed by atoms with Gasteiger partial charge in [-0.3, -0.25) is 4.52 Å². The molecule has 5 heteroatoms. The predicted octanol–water partition coefficient (Wildman–Crippen LogP) is 4.72. The summed E-state index contributed by atoms with van der Waals surface area (Å²) in [6.07, 6.45) is 1.86. The van der Waals surface area contributed by atoms with E-state index >= 15 is 0 Å². The number of fused-ring (bicyclic) bond motifs is 1. The minimum atomic E-state index is -3.40. The van der Waals surface area contributed by atoms with Crippen molar-refractivity contribution < 1.29 is 13.6 Å². The molecular formula is C16H14ClO3P. The van der Waals surface area contributed by atoms with E-state index in [4.69, 9.17) is 20.6 Å². The Morgan fingerprint density at radius 2 is 1.95 bits per heavy atom. The van der Waals surface area contributed by atoms with Crippen LogP contribution in [0.25, 0.3) is 11.8 Å². The Labute approximate surface area is 128 Å². The predicted molar refractivity (Wildman–Crippen MR) is 85.7 cm³/mol. The van der Waals surface area contributed by atoms with Gasteiger partial charge in [-0.25, -0.2) is 4.57 Å². The third-order valence-electron chi connectivity index (χ3n) is 3.15. The molecule has 0 aliphatic carbocycles. The minimum Gasteiger partial charge on any atom is -0.421 e. The molecule has 0 saturated heterocycles. The molecular weight excluding hydrogens is 307 g/mol. The number of benzene rings is 2. The van der Waals surface area contributed by atoms with Crippen molar-refractivity contribution in [1.29, 1.82) is 0 Å². The fraction of sp³-hybridized carbons (Fsp3) is 0.125. The van der Waals surface area contributed by atoms with Crippen LogP contribution in [0.3, 0.4) is 0 Å². The average molecular weight is 321 g/mol. The van der Waals surface area contributed by atoms with E-state index in [1.54, 1.807) is 19.1 Å². The van der Waals surface area contributed by atoms with Crippen LogP contribution in [0, 0.1) is 0 Å². The summed E-state index contributed by atoms with van der Waals surface area (Å²) in [6.45, 7) is 2.08. The van der Waals surface area contributed by atoms with Crippen LogP contribution < -0.4 is 5.30 Å². The van der Waals surface area contributed by atoms with Crippen molar-refractivity contribution in [3.05, 3.63) is 64.7 Å². The van der Waals surface area contributed by atoms with Gasteiger partial charge in [0.05, 0.1) is 11.9 Å². The van der Waals surface area contributed by atoms with E-state index in [2.05, 4.69) is 0 Å². The molecule has 0 aromatic heterocycles. The summed E-state index contributed by atoms with van der Waals surface area (Å²) in [7, 11) is -3.40. The lowest BCUT2D eigenvalue weighted by Gasteiger charge is -2.26. The van der Waals surface area contributed by atoms with E-state index < -0.39 is 7.60 Å². The van der Waals surface area contributed by atoms with Gasteiger partial charge in [-0.05, 0) is 30.7 Å². The topological polar surface area (TPSA) is 35.5 Å². The summed E-state index contributed by atoms with van der Waals surface area (Å²) in [6, 6.07) is 14.8. The van der Waals surface area contributed by atoms with Crippen molar-refractivity contribution in [2.75, 3.05) is 6.61 Å². The van der Waals surface area contributed by atoms with Crippen LogP contribution in [0.2, 0.25) is 5.02 Å². The van der Waals surface area contributed by atoms with Crippen molar-refractivity contribution >= 4 is 36.3 Å². The highest BCUT2D eigenvalue weighted by Crippen LogP contribution is 2.54. The molecule has 2 aromatic carbocycles. The second kappa shape index (κ2) is 5.69. The Kier molecular flexibility index (Phi) is 3.90. The lowest BCUT2D eigenvalue weighted by Crippen LogP contribution is -2.17. The average Bonchev–Trinajstić information content (AvgIpc) is 2.49. The van der Waals surface area contributed by atoms with E-state index in [9.17, 15) is 4.57 Å². The third kappa shape index (κ3) is 2.77. The maximum Gasteiger partial charge on any atom is 0.411 e. The van der Waals surface area contributed by atoms with E-state index in [-0.39, 0.29) is 0 Å². The van der Waals surface area contributed by atoms with Gasteiger partial charge in [0.2, 0.25) is 0 Å². The van der Waals surface area contributed by atoms with Crippen molar-refractivity contribution in [3.8, 4) is 0 Å².